The zero-order chi connectivity index (χ0) is 106. The van der Waals surface area contributed by atoms with Gasteiger partial charge in [0, 0.05) is 41.4 Å². The van der Waals surface area contributed by atoms with Crippen LogP contribution in [0.4, 0.5) is 39.5 Å². The molecule has 10 nitrogen and oxygen atoms in total. The van der Waals surface area contributed by atoms with Crippen molar-refractivity contribution in [3.8, 4) is 0 Å². The summed E-state index contributed by atoms with van der Waals surface area (Å²) in [6.45, 7) is 90.0. The molecule has 0 aliphatic heterocycles. The van der Waals surface area contributed by atoms with Gasteiger partial charge in [-0.25, -0.2) is 0 Å². The second-order valence-corrected chi connectivity index (χ2v) is 44.7. The fraction of sp³-hybridized carbons (Fsp3) is 0.661. The molecule has 10 aromatic heterocycles. The van der Waals surface area contributed by atoms with Crippen LogP contribution in [-0.4, -0.2) is 18.5 Å². The largest absolute Gasteiger partial charge is 0.469 e. The van der Waals surface area contributed by atoms with Gasteiger partial charge in [-0.3, -0.25) is 0 Å². The van der Waals surface area contributed by atoms with E-state index < -0.39 is 54.0 Å². The van der Waals surface area contributed by atoms with Crippen molar-refractivity contribution in [1.82, 2.24) is 0 Å². The van der Waals surface area contributed by atoms with E-state index >= 15 is 0 Å². The molecule has 138 heavy (non-hydrogen) atoms. The van der Waals surface area contributed by atoms with Gasteiger partial charge in [-0.2, -0.15) is 39.5 Å². The van der Waals surface area contributed by atoms with Crippen molar-refractivity contribution >= 4 is 11.6 Å². The molecule has 788 valence electrons. The minimum atomic E-state index is -4.25. The first-order valence-corrected chi connectivity index (χ1v) is 51.6. The molecule has 20 heteroatoms. The van der Waals surface area contributed by atoms with Crippen LogP contribution in [0.1, 0.15) is 481 Å². The Morgan fingerprint density at radius 1 is 0.246 bits per heavy atom. The van der Waals surface area contributed by atoms with Gasteiger partial charge in [0.1, 0.15) is 81.6 Å². The lowest BCUT2D eigenvalue weighted by atomic mass is 9.73. The van der Waals surface area contributed by atoms with Crippen molar-refractivity contribution in [2.75, 3.05) is 0 Å². The Labute approximate surface area is 834 Å². The zero-order valence-corrected chi connectivity index (χ0v) is 93.9. The molecule has 0 amide bonds. The average molecular weight is 1970 g/mol. The van der Waals surface area contributed by atoms with Crippen molar-refractivity contribution in [2.45, 2.75) is 438 Å². The van der Waals surface area contributed by atoms with E-state index in [-0.39, 0.29) is 34.0 Å². The third-order valence-electron chi connectivity index (χ3n) is 25.6. The van der Waals surface area contributed by atoms with Gasteiger partial charge in [-0.05, 0) is 271 Å². The van der Waals surface area contributed by atoms with Crippen LogP contribution < -0.4 is 0 Å². The average Bonchev–Trinajstić information content (AvgIpc) is 1.91. The molecule has 0 unspecified atom stereocenters. The van der Waals surface area contributed by atoms with E-state index in [0.717, 1.165) is 95.5 Å². The van der Waals surface area contributed by atoms with Crippen molar-refractivity contribution in [3.63, 3.8) is 0 Å². The molecule has 0 aliphatic rings. The summed E-state index contributed by atoms with van der Waals surface area (Å²) in [5, 5.41) is 0.698. The molecule has 0 radical (unpaired) electrons. The lowest BCUT2D eigenvalue weighted by Crippen LogP contribution is -2.25. The van der Waals surface area contributed by atoms with Gasteiger partial charge >= 0.3 is 18.5 Å². The molecule has 10 rings (SSSR count). The second-order valence-electron chi connectivity index (χ2n) is 44.2. The van der Waals surface area contributed by atoms with Crippen LogP contribution in [0.25, 0.3) is 0 Å². The van der Waals surface area contributed by atoms with Crippen LogP contribution in [0.2, 0.25) is 5.02 Å². The number of hydrogen-bond acceptors (Lipinski definition) is 10. The number of aryl methyl sites for hydroxylation is 6. The Bertz CT molecular complexity index is 4650. The maximum absolute atomic E-state index is 12.8. The summed E-state index contributed by atoms with van der Waals surface area (Å²) in [4.78, 5) is 0. The van der Waals surface area contributed by atoms with Crippen molar-refractivity contribution in [3.05, 3.63) is 236 Å². The van der Waals surface area contributed by atoms with Crippen molar-refractivity contribution < 1.29 is 83.7 Å². The summed E-state index contributed by atoms with van der Waals surface area (Å²) in [7, 11) is 0. The monoisotopic (exact) mass is 1970 g/mol. The maximum Gasteiger partial charge on any atom is 0.399 e. The fourth-order valence-corrected chi connectivity index (χ4v) is 18.1. The number of furan rings is 10. The van der Waals surface area contributed by atoms with Crippen LogP contribution in [0, 0.1) is 98.2 Å². The van der Waals surface area contributed by atoms with Gasteiger partial charge in [0.05, 0.1) is 61.4 Å². The topological polar surface area (TPSA) is 131 Å². The molecule has 0 fully saturated rings. The SMILES string of the molecule is CC(C)c1coc([C@H](C(C)C)C(F)(F)F)c1.CC[C@H](c1cc(C(C)(C)C)co1)C(C)C.CC[C@H](c1cc(C(C)C)co1)C(C)C.CC[C@H](c1cc(C)co1)C(C)C.CC[C@H](c1cc(Cl)co1)C(C)C.CCc1coc([C@@H](CC)C(C)C)c1.CCc1coc([C@H](C(C)C)C(F)(F)F)c1.Cc1coc(C(C(C)C)C(C)C)c1.Cc1coc([C@H](C(C)C)C(C)(C)C)c1.Cc1coc([C@H](C(C)C)C(F)(F)F)c1. The van der Waals surface area contributed by atoms with Crippen LogP contribution in [0.3, 0.4) is 0 Å². The molecule has 0 N–H and O–H groups in total. The van der Waals surface area contributed by atoms with E-state index in [1.165, 1.54) is 84.2 Å². The first-order valence-electron chi connectivity index (χ1n) is 51.2. The Balaban J connectivity index is 0.000000767. The predicted molar refractivity (Wildman–Crippen MR) is 556 cm³/mol. The summed E-state index contributed by atoms with van der Waals surface area (Å²) in [5.74, 6) is 11.6. The molecule has 0 aliphatic carbocycles. The third kappa shape index (κ3) is 43.7. The van der Waals surface area contributed by atoms with E-state index in [1.807, 2.05) is 64.4 Å². The maximum atomic E-state index is 12.8. The van der Waals surface area contributed by atoms with E-state index in [4.69, 9.17) is 55.8 Å². The predicted octanol–water partition coefficient (Wildman–Crippen LogP) is 42.2. The van der Waals surface area contributed by atoms with Gasteiger partial charge in [0.2, 0.25) is 0 Å². The Morgan fingerprint density at radius 3 is 0.717 bits per heavy atom. The van der Waals surface area contributed by atoms with Gasteiger partial charge in [0.25, 0.3) is 0 Å². The summed E-state index contributed by atoms with van der Waals surface area (Å²) in [5.41, 5.74) is 10.4. The lowest BCUT2D eigenvalue weighted by Gasteiger charge is -2.32. The van der Waals surface area contributed by atoms with Crippen molar-refractivity contribution in [2.24, 2.45) is 70.5 Å². The Morgan fingerprint density at radius 2 is 0.478 bits per heavy atom. The van der Waals surface area contributed by atoms with Crippen LogP contribution in [0.15, 0.2) is 167 Å². The number of hydrogen-bond donors (Lipinski definition) is 0. The smallest absolute Gasteiger partial charge is 0.399 e. The first-order chi connectivity index (χ1) is 63.6. The highest BCUT2D eigenvalue weighted by molar-refractivity contribution is 6.30. The Hall–Kier alpha value is -7.54. The third-order valence-corrected chi connectivity index (χ3v) is 25.8. The normalized spacial score (nSPS) is 14.1. The minimum absolute atomic E-state index is 0.00463. The number of alkyl halides is 9. The van der Waals surface area contributed by atoms with E-state index in [9.17, 15) is 39.5 Å². The summed E-state index contributed by atoms with van der Waals surface area (Å²) in [6, 6.07) is 19.5. The molecule has 0 aromatic carbocycles. The lowest BCUT2D eigenvalue weighted by molar-refractivity contribution is -0.164. The minimum Gasteiger partial charge on any atom is -0.469 e. The highest BCUT2D eigenvalue weighted by atomic mass is 35.5. The molecule has 0 spiro atoms. The molecule has 9 atom stereocenters. The summed E-state index contributed by atoms with van der Waals surface area (Å²) < 4.78 is 168. The second kappa shape index (κ2) is 60.1. The van der Waals surface area contributed by atoms with Gasteiger partial charge in [-0.1, -0.05) is 282 Å². The van der Waals surface area contributed by atoms with Gasteiger partial charge in [-0.15, -0.1) is 0 Å². The molecule has 0 saturated heterocycles. The standard InChI is InChI=1S/C14H24O.2C13H22O.C12H17F3O.2C12H20O.C11H15F3O.C11H18O.C10H15ClO.C10H13F3O/c1-7-12(10(2)3)13-8-11(9-15-13)14(4,5)6;1-9(2)12(13(4,5)6)11-7-10(3)8-14-11;1-6-12(10(4)5)13-7-11(8-14-13)9(2)3;1-7(2)9-5-10(16-6-9)11(8(3)4)12(13,14)15;1-8(2)12(9(3)4)11-6-10(5)7-13-11;1-5-10-7-12(13-8-10)11(6-2)9(3)4;1-4-8-5-9(15-6-8)10(7(2)3)11(12,13)14;1-5-10(8(2)3)11-6-9(4)7-12-11;1-4-9(7(2)3)10-5-8(11)6-12-10;1-6(2)9(10(11,12)13)8-4-7(3)5-14-8/h8-10,12H,7H2,1-6H3;7-9,12H,1-6H3;7-10,12H,6H2,1-5H3;5-8,11H,1-4H3;6-9,12H,1-5H3;7-9,11H,5-6H2,1-4H3;5-7,10H,4H2,1-3H3;6-8,10H,5H2,1-4H3;5-7,9H,4H2,1-3H3;4-6,9H,1-3H3/t3*12-;11-;;11-;2*10-;2*9-/m0000.00000/s1. The van der Waals surface area contributed by atoms with Crippen LogP contribution in [-0.2, 0) is 18.3 Å². The van der Waals surface area contributed by atoms with Crippen molar-refractivity contribution in [1.29, 1.82) is 0 Å². The molecular weight excluding hydrogens is 1780 g/mol. The van der Waals surface area contributed by atoms with E-state index in [0.29, 0.717) is 106 Å². The highest BCUT2D eigenvalue weighted by Crippen LogP contribution is 2.47. The quantitative estimate of drug-likeness (QED) is 0.0401. The number of halogens is 10. The zero-order valence-electron chi connectivity index (χ0n) is 93.1. The van der Waals surface area contributed by atoms with Gasteiger partial charge in [0.15, 0.2) is 0 Å². The molecule has 0 saturated carbocycles. The summed E-state index contributed by atoms with van der Waals surface area (Å²) >= 11 is 5.77. The van der Waals surface area contributed by atoms with E-state index in [1.54, 1.807) is 40.9 Å². The van der Waals surface area contributed by atoms with E-state index in [2.05, 4.69) is 265 Å². The highest BCUT2D eigenvalue weighted by Gasteiger charge is 2.47. The molecule has 10 aromatic rings. The summed E-state index contributed by atoms with van der Waals surface area (Å²) in [6.07, 6.45) is 11.7. The Kier molecular flexibility index (Phi) is 56.0. The van der Waals surface area contributed by atoms with Crippen LogP contribution in [0.5, 0.6) is 0 Å². The molecular formula is C118H186ClF9O10. The number of rotatable bonds is 30. The van der Waals surface area contributed by atoms with Crippen LogP contribution >= 0.6 is 11.6 Å². The molecule has 0 bridgehead atoms. The van der Waals surface area contributed by atoms with Gasteiger partial charge < -0.3 is 44.2 Å². The first kappa shape index (κ1) is 128. The molecule has 10 heterocycles. The fourth-order valence-electron chi connectivity index (χ4n) is 18.0.